The number of benzene rings is 2. The summed E-state index contributed by atoms with van der Waals surface area (Å²) in [6.07, 6.45) is 8.39. The summed E-state index contributed by atoms with van der Waals surface area (Å²) in [5.74, 6) is 2.32. The number of H-pyrrole nitrogens is 2. The van der Waals surface area contributed by atoms with Crippen LogP contribution in [-0.4, -0.2) is 90.4 Å². The fraction of sp³-hybridized carbons (Fsp3) is 0.548. The van der Waals surface area contributed by atoms with Crippen molar-refractivity contribution < 1.29 is 19.4 Å². The van der Waals surface area contributed by atoms with E-state index in [9.17, 15) is 9.90 Å². The Morgan fingerprint density at radius 3 is 2.64 bits per heavy atom. The second-order valence-corrected chi connectivity index (χ2v) is 16.1. The number of allylic oxidation sites excluding steroid dienone is 1. The lowest BCUT2D eigenvalue weighted by Crippen LogP contribution is -2.63. The predicted octanol–water partition coefficient (Wildman–Crippen LogP) is 6.52. The number of rotatable bonds is 5. The summed E-state index contributed by atoms with van der Waals surface area (Å²) in [4.78, 5) is 27.1. The first-order valence-electron chi connectivity index (χ1n) is 18.9. The van der Waals surface area contributed by atoms with Crippen LogP contribution in [0.15, 0.2) is 48.0 Å². The molecular formula is C42H52N4O4. The Kier molecular flexibility index (Phi) is 7.75. The van der Waals surface area contributed by atoms with Crippen molar-refractivity contribution in [1.82, 2.24) is 19.8 Å². The standard InChI is InChI=1S/C42H52N4O4/c1-6-24-14-23-15-32-38-27(12-13-46(20-23)40(24)32)28-16-29(36(49-4)19-35(28)44-38)30-17-33-25(7-2)21-45(3)37(42(33,22-47)41(48)50-5)18-31-26-10-8-9-11-34(26)43-39(30)31/h7-11,16,19,23-24,30,32-33,37,40,43-44,47H,6,12-15,17-18,20-22H2,1-5H3. The first-order valence-corrected chi connectivity index (χ1v) is 18.9. The molecule has 0 radical (unpaired) electrons. The molecule has 6 aliphatic rings. The average Bonchev–Trinajstić information content (AvgIpc) is 3.66. The van der Waals surface area contributed by atoms with Crippen LogP contribution in [-0.2, 0) is 22.4 Å². The fourth-order valence-electron chi connectivity index (χ4n) is 12.0. The van der Waals surface area contributed by atoms with Crippen LogP contribution in [0.3, 0.4) is 0 Å². The quantitative estimate of drug-likeness (QED) is 0.165. The van der Waals surface area contributed by atoms with E-state index in [2.05, 4.69) is 83.1 Å². The highest BCUT2D eigenvalue weighted by Crippen LogP contribution is 2.55. The van der Waals surface area contributed by atoms with Crippen LogP contribution in [0.2, 0.25) is 0 Å². The molecule has 9 atom stereocenters. The van der Waals surface area contributed by atoms with Gasteiger partial charge < -0.3 is 24.5 Å². The number of aromatic nitrogens is 2. The minimum absolute atomic E-state index is 0.101. The highest BCUT2D eigenvalue weighted by molar-refractivity contribution is 5.89. The molecule has 264 valence electrons. The van der Waals surface area contributed by atoms with Gasteiger partial charge in [0.1, 0.15) is 11.2 Å². The third kappa shape index (κ3) is 4.43. The lowest BCUT2D eigenvalue weighted by molar-refractivity contribution is -0.169. The average molecular weight is 677 g/mol. The van der Waals surface area contributed by atoms with Crippen LogP contribution in [0, 0.1) is 23.2 Å². The van der Waals surface area contributed by atoms with Gasteiger partial charge in [-0.3, -0.25) is 14.6 Å². The number of aliphatic hydroxyl groups is 1. The molecule has 2 aromatic carbocycles. The number of likely N-dealkylation sites (N-methyl/N-ethyl adjacent to an activating group) is 1. The SMILES string of the molecule is CC=C1CN(C)C2Cc3c([nH]c4ccccc34)C(c3cc4c5c([nH]c4cc3OC)C3CC4CC(CC)C3N(CC5)C4)CC1C2(CO)C(=O)OC. The number of carbonyl (C=O) groups excluding carboxylic acids is 1. The summed E-state index contributed by atoms with van der Waals surface area (Å²) in [7, 11) is 5.33. The zero-order valence-corrected chi connectivity index (χ0v) is 30.2. The molecule has 2 aliphatic carbocycles. The molecule has 1 saturated carbocycles. The van der Waals surface area contributed by atoms with Crippen molar-refractivity contribution in [1.29, 1.82) is 0 Å². The summed E-state index contributed by atoms with van der Waals surface area (Å²) in [5.41, 5.74) is 8.79. The van der Waals surface area contributed by atoms with Crippen molar-refractivity contribution in [3.8, 4) is 5.75 Å². The second kappa shape index (κ2) is 12.0. The maximum atomic E-state index is 14.1. The molecule has 9 unspecified atom stereocenters. The number of aromatic amines is 2. The van der Waals surface area contributed by atoms with Gasteiger partial charge in [0, 0.05) is 94.3 Å². The van der Waals surface area contributed by atoms with Crippen LogP contribution >= 0.6 is 0 Å². The Hall–Kier alpha value is -3.59. The van der Waals surface area contributed by atoms with Gasteiger partial charge in [0.25, 0.3) is 0 Å². The van der Waals surface area contributed by atoms with E-state index in [1.54, 1.807) is 7.11 Å². The van der Waals surface area contributed by atoms with E-state index in [4.69, 9.17) is 9.47 Å². The number of aliphatic hydroxyl groups excluding tert-OH is 1. The van der Waals surface area contributed by atoms with Crippen molar-refractivity contribution in [3.05, 3.63) is 76.1 Å². The molecule has 6 heterocycles. The highest BCUT2D eigenvalue weighted by atomic mass is 16.5. The summed E-state index contributed by atoms with van der Waals surface area (Å²) in [6, 6.07) is 13.6. The number of carbonyl (C=O) groups is 1. The number of para-hydroxylation sites is 1. The third-order valence-corrected chi connectivity index (χ3v) is 14.1. The second-order valence-electron chi connectivity index (χ2n) is 16.1. The third-order valence-electron chi connectivity index (χ3n) is 14.1. The zero-order chi connectivity index (χ0) is 34.5. The van der Waals surface area contributed by atoms with E-state index in [0.29, 0.717) is 24.8 Å². The van der Waals surface area contributed by atoms with Crippen molar-refractivity contribution in [2.75, 3.05) is 47.5 Å². The van der Waals surface area contributed by atoms with Gasteiger partial charge >= 0.3 is 5.97 Å². The van der Waals surface area contributed by atoms with Gasteiger partial charge in [-0.1, -0.05) is 43.2 Å². The van der Waals surface area contributed by atoms with Gasteiger partial charge in [-0.05, 0) is 81.2 Å². The maximum Gasteiger partial charge on any atom is 0.316 e. The number of hydrogen-bond acceptors (Lipinski definition) is 6. The highest BCUT2D eigenvalue weighted by Gasteiger charge is 2.59. The molecule has 2 aromatic heterocycles. The van der Waals surface area contributed by atoms with Crippen molar-refractivity contribution in [2.24, 2.45) is 23.2 Å². The molecule has 3 saturated heterocycles. The van der Waals surface area contributed by atoms with Gasteiger partial charge in [0.05, 0.1) is 20.8 Å². The van der Waals surface area contributed by atoms with Crippen molar-refractivity contribution >= 4 is 27.8 Å². The fourth-order valence-corrected chi connectivity index (χ4v) is 12.0. The summed E-state index contributed by atoms with van der Waals surface area (Å²) in [5, 5.41) is 13.9. The van der Waals surface area contributed by atoms with E-state index >= 15 is 0 Å². The number of fused-ring (bicyclic) bond motifs is 9. The molecule has 6 bridgehead atoms. The van der Waals surface area contributed by atoms with Crippen molar-refractivity contribution in [3.63, 3.8) is 0 Å². The van der Waals surface area contributed by atoms with E-state index in [-0.39, 0.29) is 30.5 Å². The Bertz CT molecular complexity index is 2010. The van der Waals surface area contributed by atoms with Crippen LogP contribution in [0.25, 0.3) is 21.8 Å². The Morgan fingerprint density at radius 1 is 1.06 bits per heavy atom. The zero-order valence-electron chi connectivity index (χ0n) is 30.2. The Balaban J connectivity index is 1.27. The molecule has 50 heavy (non-hydrogen) atoms. The number of ether oxygens (including phenoxy) is 2. The Labute approximate surface area is 295 Å². The molecule has 4 aliphatic heterocycles. The van der Waals surface area contributed by atoms with Crippen LogP contribution < -0.4 is 4.74 Å². The van der Waals surface area contributed by atoms with Crippen LogP contribution in [0.5, 0.6) is 5.75 Å². The number of hydrogen-bond donors (Lipinski definition) is 3. The molecule has 0 spiro atoms. The van der Waals surface area contributed by atoms with Gasteiger partial charge in [-0.25, -0.2) is 0 Å². The summed E-state index contributed by atoms with van der Waals surface area (Å²) in [6.45, 7) is 7.28. The normalized spacial score (nSPS) is 34.2. The number of likely N-dealkylation sites (tertiary alicyclic amines) is 1. The minimum atomic E-state index is -1.11. The molecule has 4 aromatic rings. The van der Waals surface area contributed by atoms with Gasteiger partial charge in [0.2, 0.25) is 0 Å². The predicted molar refractivity (Wildman–Crippen MR) is 197 cm³/mol. The molecule has 8 nitrogen and oxygen atoms in total. The Morgan fingerprint density at radius 2 is 1.88 bits per heavy atom. The van der Waals surface area contributed by atoms with E-state index in [1.807, 2.05) is 0 Å². The monoisotopic (exact) mass is 676 g/mol. The number of methoxy groups -OCH3 is 2. The molecular weight excluding hydrogens is 624 g/mol. The lowest BCUT2D eigenvalue weighted by atomic mass is 9.58. The molecule has 3 N–H and O–H groups in total. The molecule has 4 fully saturated rings. The number of nitrogens with zero attached hydrogens (tertiary/aromatic N) is 2. The number of esters is 1. The van der Waals surface area contributed by atoms with Gasteiger partial charge in [0.15, 0.2) is 0 Å². The number of piperidine rings is 3. The van der Waals surface area contributed by atoms with Crippen molar-refractivity contribution in [2.45, 2.75) is 76.3 Å². The van der Waals surface area contributed by atoms with E-state index in [1.165, 1.54) is 71.8 Å². The van der Waals surface area contributed by atoms with E-state index < -0.39 is 5.41 Å². The first kappa shape index (κ1) is 32.3. The minimum Gasteiger partial charge on any atom is -0.496 e. The van der Waals surface area contributed by atoms with Gasteiger partial charge in [-0.2, -0.15) is 0 Å². The largest absolute Gasteiger partial charge is 0.496 e. The van der Waals surface area contributed by atoms with E-state index in [0.717, 1.165) is 53.7 Å². The summed E-state index contributed by atoms with van der Waals surface area (Å²) < 4.78 is 11.9. The maximum absolute atomic E-state index is 14.1. The van der Waals surface area contributed by atoms with Gasteiger partial charge in [-0.15, -0.1) is 0 Å². The first-order chi connectivity index (χ1) is 24.3. The molecule has 10 rings (SSSR count). The number of nitrogens with one attached hydrogen (secondary N) is 2. The smallest absolute Gasteiger partial charge is 0.316 e. The van der Waals surface area contributed by atoms with Crippen LogP contribution in [0.4, 0.5) is 0 Å². The molecule has 8 heteroatoms. The van der Waals surface area contributed by atoms with Crippen LogP contribution in [0.1, 0.15) is 79.4 Å². The molecule has 0 amide bonds. The lowest BCUT2D eigenvalue weighted by Gasteiger charge is -2.53. The topological polar surface area (TPSA) is 93.8 Å². The summed E-state index contributed by atoms with van der Waals surface area (Å²) >= 11 is 0.